The maximum atomic E-state index is 11.8. The Labute approximate surface area is 69.1 Å². The van der Waals surface area contributed by atoms with Gasteiger partial charge in [0.1, 0.15) is 5.60 Å². The second-order valence-corrected chi connectivity index (χ2v) is 3.79. The van der Waals surface area contributed by atoms with Crippen LogP contribution < -0.4 is 0 Å². The third-order valence-corrected chi connectivity index (χ3v) is 2.77. The molecule has 1 aliphatic rings. The molecular weight excluding hydrogens is 136 g/mol. The van der Waals surface area contributed by atoms with Crippen LogP contribution in [0, 0.1) is 5.92 Å². The summed E-state index contributed by atoms with van der Waals surface area (Å²) >= 11 is 0. The summed E-state index contributed by atoms with van der Waals surface area (Å²) in [7, 11) is 0. The summed E-state index contributed by atoms with van der Waals surface area (Å²) in [5, 5.41) is 11.8. The van der Waals surface area contributed by atoms with E-state index in [2.05, 4.69) is 6.58 Å². The van der Waals surface area contributed by atoms with Crippen molar-refractivity contribution < 1.29 is 5.11 Å². The lowest BCUT2D eigenvalue weighted by molar-refractivity contribution is -0.0581. The molecule has 1 saturated carbocycles. The Balaban J connectivity index is 2.47. The highest BCUT2D eigenvalue weighted by molar-refractivity contribution is 4.90. The zero-order valence-electron chi connectivity index (χ0n) is 7.31. The van der Waals surface area contributed by atoms with E-state index in [4.69, 9.17) is 0 Å². The summed E-state index contributed by atoms with van der Waals surface area (Å²) in [5.41, 5.74) is -0.738. The van der Waals surface area contributed by atoms with E-state index in [1.54, 1.807) is 6.08 Å². The zero-order valence-corrected chi connectivity index (χ0v) is 7.31. The van der Waals surface area contributed by atoms with Crippen molar-refractivity contribution in [3.63, 3.8) is 0 Å². The van der Waals surface area contributed by atoms with Gasteiger partial charge < -0.3 is 0 Å². The minimum Gasteiger partial charge on any atom is -0.229 e. The van der Waals surface area contributed by atoms with Gasteiger partial charge in [0.2, 0.25) is 0 Å². The van der Waals surface area contributed by atoms with Crippen LogP contribution >= 0.6 is 0 Å². The fourth-order valence-electron chi connectivity index (χ4n) is 1.99. The molecule has 0 spiro atoms. The summed E-state index contributed by atoms with van der Waals surface area (Å²) in [6.45, 7) is 5.44. The van der Waals surface area contributed by atoms with Crippen LogP contribution in [0.4, 0.5) is 0 Å². The molecule has 0 heterocycles. The summed E-state index contributed by atoms with van der Waals surface area (Å²) in [4.78, 5) is 0. The molecule has 1 aliphatic carbocycles. The molecule has 0 aromatic heterocycles. The molecule has 0 N–H and O–H groups in total. The van der Waals surface area contributed by atoms with Crippen molar-refractivity contribution in [1.82, 2.24) is 0 Å². The molecule has 63 valence electrons. The Morgan fingerprint density at radius 1 is 1.55 bits per heavy atom. The number of rotatable bonds is 3. The molecule has 1 radical (unpaired) electrons. The molecule has 1 atom stereocenters. The quantitative estimate of drug-likeness (QED) is 0.555. The normalized spacial score (nSPS) is 24.9. The van der Waals surface area contributed by atoms with Crippen LogP contribution in [-0.4, -0.2) is 5.60 Å². The van der Waals surface area contributed by atoms with Crippen LogP contribution in [0.2, 0.25) is 0 Å². The minimum absolute atomic E-state index is 0.403. The standard InChI is InChI=1S/C10H17O/c1-3-8-10(2,11)9-6-4-5-7-9/h3,9H,1,4-8H2,2H3/t10-/m0/s1. The van der Waals surface area contributed by atoms with E-state index in [9.17, 15) is 5.11 Å². The molecule has 0 bridgehead atoms. The highest BCUT2D eigenvalue weighted by atomic mass is 16.3. The molecule has 11 heavy (non-hydrogen) atoms. The van der Waals surface area contributed by atoms with Gasteiger partial charge in [-0.05, 0) is 32.1 Å². The first-order chi connectivity index (χ1) is 5.17. The first-order valence-corrected chi connectivity index (χ1v) is 4.48. The second kappa shape index (κ2) is 3.40. The predicted molar refractivity (Wildman–Crippen MR) is 45.9 cm³/mol. The van der Waals surface area contributed by atoms with Crippen molar-refractivity contribution in [1.29, 1.82) is 0 Å². The smallest absolute Gasteiger partial charge is 0.107 e. The molecule has 1 nitrogen and oxygen atoms in total. The van der Waals surface area contributed by atoms with Crippen molar-refractivity contribution in [2.24, 2.45) is 5.92 Å². The topological polar surface area (TPSA) is 19.9 Å². The molecule has 0 aromatic rings. The Kier molecular flexibility index (Phi) is 2.72. The number of hydrogen-bond acceptors (Lipinski definition) is 0. The third-order valence-electron chi connectivity index (χ3n) is 2.77. The first kappa shape index (κ1) is 8.79. The van der Waals surface area contributed by atoms with E-state index in [1.165, 1.54) is 12.8 Å². The third kappa shape index (κ3) is 2.06. The number of hydrogen-bond donors (Lipinski definition) is 0. The maximum absolute atomic E-state index is 11.8. The van der Waals surface area contributed by atoms with Gasteiger partial charge in [0.05, 0.1) is 0 Å². The Bertz CT molecular complexity index is 132. The SMILES string of the molecule is C=CC[C@](C)([O])C1CCCC1. The van der Waals surface area contributed by atoms with Gasteiger partial charge in [0, 0.05) is 0 Å². The summed E-state index contributed by atoms with van der Waals surface area (Å²) in [6, 6.07) is 0. The fourth-order valence-corrected chi connectivity index (χ4v) is 1.99. The van der Waals surface area contributed by atoms with Crippen LogP contribution in [0.25, 0.3) is 0 Å². The summed E-state index contributed by atoms with van der Waals surface area (Å²) in [5.74, 6) is 0.403. The molecule has 0 aliphatic heterocycles. The Morgan fingerprint density at radius 2 is 2.09 bits per heavy atom. The van der Waals surface area contributed by atoms with E-state index >= 15 is 0 Å². The van der Waals surface area contributed by atoms with Crippen molar-refractivity contribution in [2.75, 3.05) is 0 Å². The lowest BCUT2D eigenvalue weighted by Gasteiger charge is -2.25. The van der Waals surface area contributed by atoms with E-state index in [-0.39, 0.29) is 0 Å². The molecule has 0 amide bonds. The monoisotopic (exact) mass is 153 g/mol. The lowest BCUT2D eigenvalue weighted by atomic mass is 9.85. The molecule has 0 unspecified atom stereocenters. The van der Waals surface area contributed by atoms with Gasteiger partial charge in [-0.15, -0.1) is 6.58 Å². The molecule has 0 aromatic carbocycles. The van der Waals surface area contributed by atoms with Crippen LogP contribution in [0.15, 0.2) is 12.7 Å². The van der Waals surface area contributed by atoms with E-state index < -0.39 is 5.60 Å². The Hall–Kier alpha value is -0.300. The predicted octanol–water partition coefficient (Wildman–Crippen LogP) is 2.94. The van der Waals surface area contributed by atoms with Gasteiger partial charge >= 0.3 is 0 Å². The van der Waals surface area contributed by atoms with Crippen molar-refractivity contribution in [3.8, 4) is 0 Å². The maximum Gasteiger partial charge on any atom is 0.107 e. The minimum atomic E-state index is -0.738. The molecule has 1 fully saturated rings. The summed E-state index contributed by atoms with van der Waals surface area (Å²) in [6.07, 6.45) is 7.14. The summed E-state index contributed by atoms with van der Waals surface area (Å²) < 4.78 is 0. The molecule has 1 rings (SSSR count). The van der Waals surface area contributed by atoms with Crippen LogP contribution in [0.5, 0.6) is 0 Å². The molecule has 0 saturated heterocycles. The van der Waals surface area contributed by atoms with Crippen LogP contribution in [-0.2, 0) is 5.11 Å². The van der Waals surface area contributed by atoms with E-state index in [0.29, 0.717) is 12.3 Å². The zero-order chi connectivity index (χ0) is 8.32. The first-order valence-electron chi connectivity index (χ1n) is 4.48. The van der Waals surface area contributed by atoms with Crippen molar-refractivity contribution >= 4 is 0 Å². The van der Waals surface area contributed by atoms with E-state index in [1.807, 2.05) is 6.92 Å². The fraction of sp³-hybridized carbons (Fsp3) is 0.800. The average Bonchev–Trinajstić information content (AvgIpc) is 2.37. The van der Waals surface area contributed by atoms with Crippen molar-refractivity contribution in [3.05, 3.63) is 12.7 Å². The highest BCUT2D eigenvalue weighted by Gasteiger charge is 2.34. The molecule has 1 heteroatoms. The van der Waals surface area contributed by atoms with Gasteiger partial charge in [-0.1, -0.05) is 18.9 Å². The van der Waals surface area contributed by atoms with Crippen LogP contribution in [0.1, 0.15) is 39.0 Å². The van der Waals surface area contributed by atoms with Gasteiger partial charge in [-0.3, -0.25) is 0 Å². The Morgan fingerprint density at radius 3 is 2.55 bits per heavy atom. The largest absolute Gasteiger partial charge is 0.229 e. The van der Waals surface area contributed by atoms with Gasteiger partial charge in [0.15, 0.2) is 0 Å². The van der Waals surface area contributed by atoms with E-state index in [0.717, 1.165) is 12.8 Å². The average molecular weight is 153 g/mol. The highest BCUT2D eigenvalue weighted by Crippen LogP contribution is 2.36. The van der Waals surface area contributed by atoms with Crippen LogP contribution in [0.3, 0.4) is 0 Å². The lowest BCUT2D eigenvalue weighted by Crippen LogP contribution is -2.30. The van der Waals surface area contributed by atoms with Gasteiger partial charge in [-0.25, -0.2) is 5.11 Å². The second-order valence-electron chi connectivity index (χ2n) is 3.79. The van der Waals surface area contributed by atoms with Gasteiger partial charge in [0.25, 0.3) is 0 Å². The molecular formula is C10H17O. The van der Waals surface area contributed by atoms with Crippen molar-refractivity contribution in [2.45, 2.75) is 44.6 Å². The van der Waals surface area contributed by atoms with Gasteiger partial charge in [-0.2, -0.15) is 0 Å².